The summed E-state index contributed by atoms with van der Waals surface area (Å²) < 4.78 is 27.6. The molecule has 3 rings (SSSR count). The number of aromatic nitrogens is 1. The summed E-state index contributed by atoms with van der Waals surface area (Å²) in [5.41, 5.74) is 0.995. The summed E-state index contributed by atoms with van der Waals surface area (Å²) in [5.74, 6) is 0. The van der Waals surface area contributed by atoms with Crippen LogP contribution in [0.5, 0.6) is 0 Å². The Labute approximate surface area is 141 Å². The van der Waals surface area contributed by atoms with Crippen LogP contribution in [0.1, 0.15) is 5.56 Å². The van der Waals surface area contributed by atoms with Crippen LogP contribution < -0.4 is 0 Å². The largest absolute Gasteiger partial charge is 0.392 e. The van der Waals surface area contributed by atoms with E-state index in [0.29, 0.717) is 21.5 Å². The third-order valence-electron chi connectivity index (χ3n) is 3.36. The maximum atomic E-state index is 12.8. The van der Waals surface area contributed by atoms with Gasteiger partial charge in [-0.3, -0.25) is 0 Å². The van der Waals surface area contributed by atoms with Gasteiger partial charge in [0, 0.05) is 26.6 Å². The summed E-state index contributed by atoms with van der Waals surface area (Å²) in [6.07, 6.45) is 1.43. The summed E-state index contributed by atoms with van der Waals surface area (Å²) in [6.45, 7) is -0.264. The van der Waals surface area contributed by atoms with Crippen molar-refractivity contribution in [2.24, 2.45) is 0 Å². The molecule has 0 amide bonds. The van der Waals surface area contributed by atoms with Crippen molar-refractivity contribution in [2.45, 2.75) is 11.5 Å². The second kappa shape index (κ2) is 5.70. The van der Waals surface area contributed by atoms with Gasteiger partial charge < -0.3 is 5.11 Å². The number of aliphatic hydroxyl groups is 1. The van der Waals surface area contributed by atoms with Gasteiger partial charge in [0.15, 0.2) is 0 Å². The Balaban J connectivity index is 2.27. The first-order valence-corrected chi connectivity index (χ1v) is 8.96. The minimum Gasteiger partial charge on any atom is -0.392 e. The highest BCUT2D eigenvalue weighted by atomic mass is 79.9. The van der Waals surface area contributed by atoms with Crippen molar-refractivity contribution in [3.05, 3.63) is 63.7 Å². The molecule has 0 atom stereocenters. The third-order valence-corrected chi connectivity index (χ3v) is 5.81. The lowest BCUT2D eigenvalue weighted by atomic mass is 10.2. The van der Waals surface area contributed by atoms with Gasteiger partial charge in [-0.1, -0.05) is 27.5 Å². The Bertz CT molecular complexity index is 949. The molecule has 0 aliphatic rings. The summed E-state index contributed by atoms with van der Waals surface area (Å²) >= 11 is 9.24. The van der Waals surface area contributed by atoms with Gasteiger partial charge in [-0.25, -0.2) is 12.4 Å². The molecule has 3 aromatic rings. The zero-order valence-electron chi connectivity index (χ0n) is 11.2. The molecule has 1 aromatic heterocycles. The van der Waals surface area contributed by atoms with Gasteiger partial charge in [0.2, 0.25) is 0 Å². The third kappa shape index (κ3) is 2.56. The molecule has 1 heterocycles. The van der Waals surface area contributed by atoms with Crippen LogP contribution in [0.2, 0.25) is 5.02 Å². The summed E-state index contributed by atoms with van der Waals surface area (Å²) in [6, 6.07) is 11.3. The van der Waals surface area contributed by atoms with Crippen LogP contribution in [0.25, 0.3) is 10.9 Å². The first-order valence-electron chi connectivity index (χ1n) is 6.35. The lowest BCUT2D eigenvalue weighted by molar-refractivity contribution is 0.283. The average molecular weight is 401 g/mol. The van der Waals surface area contributed by atoms with Crippen LogP contribution in [0.4, 0.5) is 0 Å². The molecular formula is C15H11BrClNO3S. The van der Waals surface area contributed by atoms with Crippen molar-refractivity contribution in [1.29, 1.82) is 0 Å². The highest BCUT2D eigenvalue weighted by Gasteiger charge is 2.21. The number of rotatable bonds is 3. The first kappa shape index (κ1) is 15.6. The number of hydrogen-bond acceptors (Lipinski definition) is 3. The van der Waals surface area contributed by atoms with Crippen molar-refractivity contribution < 1.29 is 13.5 Å². The average Bonchev–Trinajstić information content (AvgIpc) is 2.86. The lowest BCUT2D eigenvalue weighted by Crippen LogP contribution is -2.11. The van der Waals surface area contributed by atoms with E-state index in [2.05, 4.69) is 15.9 Å². The van der Waals surface area contributed by atoms with Gasteiger partial charge >= 0.3 is 0 Å². The smallest absolute Gasteiger partial charge is 0.268 e. The van der Waals surface area contributed by atoms with Crippen molar-refractivity contribution in [3.8, 4) is 0 Å². The van der Waals surface area contributed by atoms with E-state index >= 15 is 0 Å². The Morgan fingerprint density at radius 1 is 1.14 bits per heavy atom. The molecule has 4 nitrogen and oxygen atoms in total. The minimum atomic E-state index is -3.74. The maximum Gasteiger partial charge on any atom is 0.268 e. The van der Waals surface area contributed by atoms with E-state index in [4.69, 9.17) is 11.6 Å². The molecule has 0 radical (unpaired) electrons. The van der Waals surface area contributed by atoms with Crippen LogP contribution in [0.3, 0.4) is 0 Å². The number of nitrogens with zero attached hydrogens (tertiary/aromatic N) is 1. The van der Waals surface area contributed by atoms with Crippen LogP contribution in [-0.2, 0) is 16.6 Å². The fourth-order valence-electron chi connectivity index (χ4n) is 2.28. The Morgan fingerprint density at radius 2 is 1.82 bits per heavy atom. The molecule has 0 saturated carbocycles. The highest BCUT2D eigenvalue weighted by Crippen LogP contribution is 2.28. The van der Waals surface area contributed by atoms with Gasteiger partial charge in [0.25, 0.3) is 10.0 Å². The quantitative estimate of drug-likeness (QED) is 0.728. The van der Waals surface area contributed by atoms with E-state index in [1.54, 1.807) is 30.3 Å². The molecule has 0 aliphatic carbocycles. The molecule has 0 spiro atoms. The molecular weight excluding hydrogens is 390 g/mol. The number of aliphatic hydroxyl groups excluding tert-OH is 1. The fraction of sp³-hybridized carbons (Fsp3) is 0.0667. The van der Waals surface area contributed by atoms with E-state index in [9.17, 15) is 13.5 Å². The van der Waals surface area contributed by atoms with E-state index < -0.39 is 10.0 Å². The summed E-state index contributed by atoms with van der Waals surface area (Å²) in [4.78, 5) is 0.173. The fourth-order valence-corrected chi connectivity index (χ4v) is 4.11. The number of fused-ring (bicyclic) bond motifs is 1. The first-order chi connectivity index (χ1) is 10.4. The Kier molecular flexibility index (Phi) is 4.03. The Hall–Kier alpha value is -1.34. The molecule has 0 unspecified atom stereocenters. The van der Waals surface area contributed by atoms with Gasteiger partial charge in [-0.2, -0.15) is 0 Å². The normalized spacial score (nSPS) is 12.0. The monoisotopic (exact) mass is 399 g/mol. The topological polar surface area (TPSA) is 59.3 Å². The highest BCUT2D eigenvalue weighted by molar-refractivity contribution is 9.10. The van der Waals surface area contributed by atoms with E-state index in [0.717, 1.165) is 4.47 Å². The minimum absolute atomic E-state index is 0.173. The van der Waals surface area contributed by atoms with Gasteiger partial charge in [-0.05, 0) is 42.5 Å². The number of halogens is 2. The predicted molar refractivity (Wildman–Crippen MR) is 89.6 cm³/mol. The van der Waals surface area contributed by atoms with Crippen molar-refractivity contribution in [1.82, 2.24) is 3.97 Å². The van der Waals surface area contributed by atoms with Crippen LogP contribution in [-0.4, -0.2) is 17.5 Å². The molecule has 1 N–H and O–H groups in total. The maximum absolute atomic E-state index is 12.8. The van der Waals surface area contributed by atoms with Crippen LogP contribution >= 0.6 is 27.5 Å². The zero-order chi connectivity index (χ0) is 15.9. The molecule has 114 valence electrons. The lowest BCUT2D eigenvalue weighted by Gasteiger charge is -2.07. The number of benzene rings is 2. The molecule has 7 heteroatoms. The zero-order valence-corrected chi connectivity index (χ0v) is 14.4. The van der Waals surface area contributed by atoms with Crippen LogP contribution in [0.15, 0.2) is 58.0 Å². The molecule has 0 saturated heterocycles. The van der Waals surface area contributed by atoms with E-state index in [1.807, 2.05) is 0 Å². The van der Waals surface area contributed by atoms with E-state index in [1.165, 1.54) is 22.3 Å². The van der Waals surface area contributed by atoms with Crippen molar-refractivity contribution >= 4 is 48.5 Å². The van der Waals surface area contributed by atoms with Crippen molar-refractivity contribution in [3.63, 3.8) is 0 Å². The van der Waals surface area contributed by atoms with Crippen molar-refractivity contribution in [2.75, 3.05) is 0 Å². The standard InChI is InChI=1S/C15H11BrClNO3S/c16-11-1-4-13(5-2-11)22(20,21)18-8-10(9-19)14-7-12(17)3-6-15(14)18/h1-8,19H,9H2. The summed E-state index contributed by atoms with van der Waals surface area (Å²) in [5, 5.41) is 10.6. The second-order valence-electron chi connectivity index (χ2n) is 4.73. The molecule has 22 heavy (non-hydrogen) atoms. The molecule has 2 aromatic carbocycles. The van der Waals surface area contributed by atoms with Gasteiger partial charge in [0.05, 0.1) is 17.0 Å². The van der Waals surface area contributed by atoms with Crippen LogP contribution in [0, 0.1) is 0 Å². The van der Waals surface area contributed by atoms with Gasteiger partial charge in [0.1, 0.15) is 0 Å². The SMILES string of the molecule is O=S(=O)(c1ccc(Br)cc1)n1cc(CO)c2cc(Cl)ccc21. The molecule has 0 fully saturated rings. The Morgan fingerprint density at radius 3 is 2.45 bits per heavy atom. The summed E-state index contributed by atoms with van der Waals surface area (Å²) in [7, 11) is -3.74. The molecule has 0 bridgehead atoms. The predicted octanol–water partition coefficient (Wildman–Crippen LogP) is 3.79. The van der Waals surface area contributed by atoms with Gasteiger partial charge in [-0.15, -0.1) is 0 Å². The number of hydrogen-bond donors (Lipinski definition) is 1. The molecule has 0 aliphatic heterocycles. The van der Waals surface area contributed by atoms with E-state index in [-0.39, 0.29) is 11.5 Å². The second-order valence-corrected chi connectivity index (χ2v) is 7.90.